The molecule has 1 unspecified atom stereocenters. The number of carbonyl (C=O) groups excluding carboxylic acids is 1. The first-order chi connectivity index (χ1) is 8.28. The highest BCUT2D eigenvalue weighted by molar-refractivity contribution is 5.90. The van der Waals surface area contributed by atoms with Crippen LogP contribution in [0.1, 0.15) is 44.2 Å². The van der Waals surface area contributed by atoms with E-state index in [1.165, 1.54) is 6.33 Å². The lowest BCUT2D eigenvalue weighted by molar-refractivity contribution is -0.137. The highest BCUT2D eigenvalue weighted by atomic mass is 16.4. The van der Waals surface area contributed by atoms with Crippen LogP contribution in [0.25, 0.3) is 0 Å². The summed E-state index contributed by atoms with van der Waals surface area (Å²) >= 11 is 0. The number of aromatic nitrogens is 3. The van der Waals surface area contributed by atoms with Crippen molar-refractivity contribution in [3.8, 4) is 0 Å². The van der Waals surface area contributed by atoms with Crippen LogP contribution in [0.4, 0.5) is 0 Å². The van der Waals surface area contributed by atoms with Crippen LogP contribution in [-0.2, 0) is 4.79 Å². The molecule has 0 spiro atoms. The molecule has 7 heteroatoms. The molecule has 0 aliphatic rings. The maximum absolute atomic E-state index is 11.7. The molecule has 1 aromatic rings. The topological polar surface area (TPSA) is 108 Å². The quantitative estimate of drug-likeness (QED) is 0.720. The summed E-state index contributed by atoms with van der Waals surface area (Å²) in [6.07, 6.45) is 1.68. The first-order valence-electron chi connectivity index (χ1n) is 5.66. The van der Waals surface area contributed by atoms with Gasteiger partial charge in [0.25, 0.3) is 5.91 Å². The van der Waals surface area contributed by atoms with E-state index in [4.69, 9.17) is 5.11 Å². The van der Waals surface area contributed by atoms with Crippen molar-refractivity contribution in [3.05, 3.63) is 12.2 Å². The predicted octanol–water partition coefficient (Wildman–Crippen LogP) is 0.814. The zero-order chi connectivity index (χ0) is 13.8. The molecule has 0 radical (unpaired) electrons. The van der Waals surface area contributed by atoms with Gasteiger partial charge in [-0.2, -0.15) is 5.10 Å². The van der Waals surface area contributed by atoms with Crippen molar-refractivity contribution in [2.24, 2.45) is 5.41 Å². The van der Waals surface area contributed by atoms with Gasteiger partial charge in [0.15, 0.2) is 0 Å². The minimum absolute atomic E-state index is 0.0746. The Hall–Kier alpha value is -1.92. The van der Waals surface area contributed by atoms with E-state index < -0.39 is 17.9 Å². The van der Waals surface area contributed by atoms with Gasteiger partial charge >= 0.3 is 5.97 Å². The zero-order valence-corrected chi connectivity index (χ0v) is 10.7. The normalized spacial score (nSPS) is 13.1. The summed E-state index contributed by atoms with van der Waals surface area (Å²) < 4.78 is 0. The SMILES string of the molecule is CC(C)(C)CC(CC(=O)O)NC(=O)c1ncn[nH]1. The van der Waals surface area contributed by atoms with Gasteiger partial charge in [0, 0.05) is 6.04 Å². The van der Waals surface area contributed by atoms with E-state index in [0.717, 1.165) is 0 Å². The molecule has 1 atom stereocenters. The Bertz CT molecular complexity index is 408. The van der Waals surface area contributed by atoms with E-state index in [1.54, 1.807) is 0 Å². The Morgan fingerprint density at radius 2 is 2.17 bits per heavy atom. The Kier molecular flexibility index (Phi) is 4.41. The number of carbonyl (C=O) groups is 2. The van der Waals surface area contributed by atoms with Crippen LogP contribution in [0, 0.1) is 5.41 Å². The zero-order valence-electron chi connectivity index (χ0n) is 10.7. The second kappa shape index (κ2) is 5.61. The average Bonchev–Trinajstić information content (AvgIpc) is 2.65. The average molecular weight is 254 g/mol. The maximum atomic E-state index is 11.7. The molecule has 0 saturated carbocycles. The van der Waals surface area contributed by atoms with Gasteiger partial charge in [0.1, 0.15) is 6.33 Å². The van der Waals surface area contributed by atoms with Crippen LogP contribution in [0.2, 0.25) is 0 Å². The summed E-state index contributed by atoms with van der Waals surface area (Å²) in [4.78, 5) is 26.2. The Labute approximate surface area is 105 Å². The number of nitrogens with zero attached hydrogens (tertiary/aromatic N) is 2. The number of aromatic amines is 1. The number of hydrogen-bond acceptors (Lipinski definition) is 4. The second-order valence-electron chi connectivity index (χ2n) is 5.37. The van der Waals surface area contributed by atoms with Gasteiger partial charge in [-0.3, -0.25) is 14.7 Å². The molecular formula is C11H18N4O3. The fraction of sp³-hybridized carbons (Fsp3) is 0.636. The largest absolute Gasteiger partial charge is 0.481 e. The molecule has 1 heterocycles. The molecule has 0 aliphatic heterocycles. The number of carboxylic acid groups (broad SMARTS) is 1. The van der Waals surface area contributed by atoms with E-state index in [2.05, 4.69) is 20.5 Å². The standard InChI is InChI=1S/C11H18N4O3/c1-11(2,3)5-7(4-8(16)17)14-10(18)9-12-6-13-15-9/h6-7H,4-5H2,1-3H3,(H,14,18)(H,16,17)(H,12,13,15). The van der Waals surface area contributed by atoms with Crippen LogP contribution in [0.5, 0.6) is 0 Å². The number of aliphatic carboxylic acids is 1. The molecule has 0 fully saturated rings. The van der Waals surface area contributed by atoms with Crippen LogP contribution >= 0.6 is 0 Å². The first kappa shape index (κ1) is 14.1. The molecule has 0 aromatic carbocycles. The molecular weight excluding hydrogens is 236 g/mol. The Morgan fingerprint density at radius 3 is 2.61 bits per heavy atom. The first-order valence-corrected chi connectivity index (χ1v) is 5.66. The highest BCUT2D eigenvalue weighted by Crippen LogP contribution is 2.22. The lowest BCUT2D eigenvalue weighted by Gasteiger charge is -2.25. The summed E-state index contributed by atoms with van der Waals surface area (Å²) in [6, 6.07) is -0.430. The molecule has 100 valence electrons. The smallest absolute Gasteiger partial charge is 0.305 e. The lowest BCUT2D eigenvalue weighted by atomic mass is 9.87. The van der Waals surface area contributed by atoms with E-state index in [9.17, 15) is 9.59 Å². The van der Waals surface area contributed by atoms with Gasteiger partial charge in [-0.25, -0.2) is 4.98 Å². The summed E-state index contributed by atoms with van der Waals surface area (Å²) in [5, 5.41) is 17.5. The van der Waals surface area contributed by atoms with Crippen molar-refractivity contribution in [1.82, 2.24) is 20.5 Å². The number of H-pyrrole nitrogens is 1. The highest BCUT2D eigenvalue weighted by Gasteiger charge is 2.23. The molecule has 1 aromatic heterocycles. The number of carboxylic acids is 1. The number of nitrogens with one attached hydrogen (secondary N) is 2. The molecule has 7 nitrogen and oxygen atoms in total. The second-order valence-corrected chi connectivity index (χ2v) is 5.37. The Morgan fingerprint density at radius 1 is 1.50 bits per heavy atom. The third-order valence-corrected chi connectivity index (χ3v) is 2.25. The molecule has 3 N–H and O–H groups in total. The van der Waals surface area contributed by atoms with Gasteiger partial charge < -0.3 is 10.4 Å². The Balaban J connectivity index is 2.66. The van der Waals surface area contributed by atoms with Crippen molar-refractivity contribution in [3.63, 3.8) is 0 Å². The third-order valence-electron chi connectivity index (χ3n) is 2.25. The van der Waals surface area contributed by atoms with E-state index in [-0.39, 0.29) is 17.7 Å². The third kappa shape index (κ3) is 4.94. The summed E-state index contributed by atoms with van der Waals surface area (Å²) in [7, 11) is 0. The molecule has 0 aliphatic carbocycles. The van der Waals surface area contributed by atoms with Crippen molar-refractivity contribution < 1.29 is 14.7 Å². The summed E-state index contributed by atoms with van der Waals surface area (Å²) in [5.41, 5.74) is -0.0746. The molecule has 1 rings (SSSR count). The molecule has 18 heavy (non-hydrogen) atoms. The van der Waals surface area contributed by atoms with Gasteiger partial charge in [0.05, 0.1) is 6.42 Å². The number of rotatable bonds is 5. The van der Waals surface area contributed by atoms with Gasteiger partial charge in [-0.15, -0.1) is 0 Å². The molecule has 0 saturated heterocycles. The van der Waals surface area contributed by atoms with Crippen molar-refractivity contribution in [2.45, 2.75) is 39.7 Å². The lowest BCUT2D eigenvalue weighted by Crippen LogP contribution is -2.39. The van der Waals surface area contributed by atoms with Crippen molar-refractivity contribution >= 4 is 11.9 Å². The minimum Gasteiger partial charge on any atom is -0.481 e. The summed E-state index contributed by atoms with van der Waals surface area (Å²) in [6.45, 7) is 5.97. The van der Waals surface area contributed by atoms with Crippen LogP contribution < -0.4 is 5.32 Å². The predicted molar refractivity (Wildman–Crippen MR) is 64.0 cm³/mol. The fourth-order valence-corrected chi connectivity index (χ4v) is 1.69. The number of amides is 1. The van der Waals surface area contributed by atoms with Gasteiger partial charge in [-0.1, -0.05) is 20.8 Å². The van der Waals surface area contributed by atoms with Gasteiger partial charge in [0.2, 0.25) is 5.82 Å². The van der Waals surface area contributed by atoms with Crippen LogP contribution in [-0.4, -0.2) is 38.2 Å². The van der Waals surface area contributed by atoms with E-state index in [1.807, 2.05) is 20.8 Å². The van der Waals surface area contributed by atoms with Crippen LogP contribution in [0.15, 0.2) is 6.33 Å². The van der Waals surface area contributed by atoms with E-state index >= 15 is 0 Å². The minimum atomic E-state index is -0.942. The van der Waals surface area contributed by atoms with Crippen molar-refractivity contribution in [2.75, 3.05) is 0 Å². The molecule has 0 bridgehead atoms. The van der Waals surface area contributed by atoms with Crippen molar-refractivity contribution in [1.29, 1.82) is 0 Å². The summed E-state index contributed by atoms with van der Waals surface area (Å²) in [5.74, 6) is -1.30. The monoisotopic (exact) mass is 254 g/mol. The number of hydrogen-bond donors (Lipinski definition) is 3. The maximum Gasteiger partial charge on any atom is 0.305 e. The molecule has 1 amide bonds. The van der Waals surface area contributed by atoms with Gasteiger partial charge in [-0.05, 0) is 11.8 Å². The van der Waals surface area contributed by atoms with Crippen LogP contribution in [0.3, 0.4) is 0 Å². The van der Waals surface area contributed by atoms with E-state index in [0.29, 0.717) is 6.42 Å². The fourth-order valence-electron chi connectivity index (χ4n) is 1.69.